The summed E-state index contributed by atoms with van der Waals surface area (Å²) in [6.45, 7) is 5.29. The molecule has 1 heterocycles. The highest BCUT2D eigenvalue weighted by atomic mass is 35.5. The topological polar surface area (TPSA) is 60.2 Å². The highest BCUT2D eigenvalue weighted by Gasteiger charge is 2.06. The molecule has 0 aliphatic carbocycles. The van der Waals surface area contributed by atoms with Crippen molar-refractivity contribution in [2.75, 3.05) is 24.3 Å². The minimum atomic E-state index is 0.165. The van der Waals surface area contributed by atoms with Gasteiger partial charge in [0.15, 0.2) is 0 Å². The summed E-state index contributed by atoms with van der Waals surface area (Å²) in [5, 5.41) is 3.67. The maximum atomic E-state index is 5.96. The molecule has 0 amide bonds. The second kappa shape index (κ2) is 5.78. The number of anilines is 2. The third-order valence-corrected chi connectivity index (χ3v) is 2.11. The number of nitrogen functional groups attached to an aromatic ring is 1. The highest BCUT2D eigenvalue weighted by Crippen LogP contribution is 2.21. The minimum Gasteiger partial charge on any atom is -0.397 e. The zero-order valence-corrected chi connectivity index (χ0v) is 9.71. The quantitative estimate of drug-likeness (QED) is 0.812. The smallest absolute Gasteiger partial charge is 0.145 e. The molecule has 1 aromatic heterocycles. The number of nitrogens with zero attached hydrogens (tertiary/aromatic N) is 1. The molecule has 3 N–H and O–H groups in total. The molecule has 0 bridgehead atoms. The Kier molecular flexibility index (Phi) is 4.65. The third-order valence-electron chi connectivity index (χ3n) is 1.82. The van der Waals surface area contributed by atoms with Gasteiger partial charge in [-0.1, -0.05) is 11.6 Å². The molecule has 0 spiro atoms. The van der Waals surface area contributed by atoms with Gasteiger partial charge in [-0.05, 0) is 19.9 Å². The molecule has 84 valence electrons. The molecule has 0 saturated heterocycles. The van der Waals surface area contributed by atoms with Crippen LogP contribution in [0, 0.1) is 0 Å². The van der Waals surface area contributed by atoms with Crippen LogP contribution < -0.4 is 11.1 Å². The van der Waals surface area contributed by atoms with Crippen LogP contribution in [-0.2, 0) is 4.74 Å². The van der Waals surface area contributed by atoms with Crippen molar-refractivity contribution in [1.29, 1.82) is 0 Å². The van der Waals surface area contributed by atoms with Crippen molar-refractivity contribution in [1.82, 2.24) is 4.98 Å². The van der Waals surface area contributed by atoms with Crippen LogP contribution in [0.4, 0.5) is 11.5 Å². The van der Waals surface area contributed by atoms with Gasteiger partial charge in [0.25, 0.3) is 0 Å². The van der Waals surface area contributed by atoms with Gasteiger partial charge in [-0.3, -0.25) is 0 Å². The SMILES string of the molecule is CCOCC(C)Nc1ncc(N)cc1Cl. The number of aromatic nitrogens is 1. The molecule has 5 heteroatoms. The van der Waals surface area contributed by atoms with Gasteiger partial charge in [0.05, 0.1) is 23.5 Å². The van der Waals surface area contributed by atoms with Crippen molar-refractivity contribution < 1.29 is 4.74 Å². The van der Waals surface area contributed by atoms with E-state index < -0.39 is 0 Å². The summed E-state index contributed by atoms with van der Waals surface area (Å²) in [6.07, 6.45) is 1.57. The molecule has 0 aromatic carbocycles. The molecule has 1 atom stereocenters. The van der Waals surface area contributed by atoms with Crippen molar-refractivity contribution >= 4 is 23.1 Å². The van der Waals surface area contributed by atoms with Gasteiger partial charge in [0.1, 0.15) is 5.82 Å². The molecule has 4 nitrogen and oxygen atoms in total. The second-order valence-electron chi connectivity index (χ2n) is 3.30. The number of ether oxygens (including phenoxy) is 1. The summed E-state index contributed by atoms with van der Waals surface area (Å²) in [5.41, 5.74) is 6.10. The van der Waals surface area contributed by atoms with Gasteiger partial charge in [-0.2, -0.15) is 0 Å². The van der Waals surface area contributed by atoms with Crippen molar-refractivity contribution in [3.8, 4) is 0 Å². The summed E-state index contributed by atoms with van der Waals surface area (Å²) >= 11 is 5.96. The van der Waals surface area contributed by atoms with Crippen LogP contribution >= 0.6 is 11.6 Å². The summed E-state index contributed by atoms with van der Waals surface area (Å²) in [4.78, 5) is 4.10. The Morgan fingerprint density at radius 2 is 2.40 bits per heavy atom. The summed E-state index contributed by atoms with van der Waals surface area (Å²) in [6, 6.07) is 1.84. The number of halogens is 1. The molecule has 1 rings (SSSR count). The van der Waals surface area contributed by atoms with E-state index in [1.54, 1.807) is 12.3 Å². The number of hydrogen-bond donors (Lipinski definition) is 2. The Hall–Kier alpha value is -1.00. The third kappa shape index (κ3) is 3.93. The van der Waals surface area contributed by atoms with Crippen LogP contribution in [0.15, 0.2) is 12.3 Å². The Labute approximate surface area is 94.8 Å². The first kappa shape index (κ1) is 12.1. The molecular weight excluding hydrogens is 214 g/mol. The molecular formula is C10H16ClN3O. The second-order valence-corrected chi connectivity index (χ2v) is 3.71. The number of rotatable bonds is 5. The summed E-state index contributed by atoms with van der Waals surface area (Å²) in [7, 11) is 0. The maximum Gasteiger partial charge on any atom is 0.145 e. The lowest BCUT2D eigenvalue weighted by Gasteiger charge is -2.15. The molecule has 1 aromatic rings. The van der Waals surface area contributed by atoms with E-state index in [-0.39, 0.29) is 6.04 Å². The van der Waals surface area contributed by atoms with Gasteiger partial charge in [0, 0.05) is 12.6 Å². The number of nitrogens with one attached hydrogen (secondary N) is 1. The predicted octanol–water partition coefficient (Wildman–Crippen LogP) is 2.15. The fraction of sp³-hybridized carbons (Fsp3) is 0.500. The molecule has 0 radical (unpaired) electrons. The maximum absolute atomic E-state index is 5.96. The van der Waals surface area contributed by atoms with E-state index in [1.807, 2.05) is 13.8 Å². The van der Waals surface area contributed by atoms with Crippen LogP contribution in [0.3, 0.4) is 0 Å². The van der Waals surface area contributed by atoms with Crippen LogP contribution in [-0.4, -0.2) is 24.2 Å². The normalized spacial score (nSPS) is 12.5. The first-order valence-corrected chi connectivity index (χ1v) is 5.26. The largest absolute Gasteiger partial charge is 0.397 e. The first-order chi connectivity index (χ1) is 7.13. The monoisotopic (exact) mass is 229 g/mol. The van der Waals surface area contributed by atoms with Crippen LogP contribution in [0.25, 0.3) is 0 Å². The molecule has 15 heavy (non-hydrogen) atoms. The fourth-order valence-corrected chi connectivity index (χ4v) is 1.36. The Balaban J connectivity index is 2.56. The summed E-state index contributed by atoms with van der Waals surface area (Å²) in [5.74, 6) is 0.637. The first-order valence-electron chi connectivity index (χ1n) is 4.88. The predicted molar refractivity (Wildman–Crippen MR) is 63.2 cm³/mol. The molecule has 1 unspecified atom stereocenters. The average molecular weight is 230 g/mol. The highest BCUT2D eigenvalue weighted by molar-refractivity contribution is 6.33. The lowest BCUT2D eigenvalue weighted by molar-refractivity contribution is 0.141. The summed E-state index contributed by atoms with van der Waals surface area (Å²) < 4.78 is 5.27. The molecule has 0 fully saturated rings. The number of pyridine rings is 1. The van der Waals surface area contributed by atoms with Crippen LogP contribution in [0.5, 0.6) is 0 Å². The zero-order valence-electron chi connectivity index (χ0n) is 8.96. The van der Waals surface area contributed by atoms with E-state index in [1.165, 1.54) is 0 Å². The van der Waals surface area contributed by atoms with Gasteiger partial charge < -0.3 is 15.8 Å². The average Bonchev–Trinajstić information content (AvgIpc) is 2.19. The van der Waals surface area contributed by atoms with Gasteiger partial charge >= 0.3 is 0 Å². The number of hydrogen-bond acceptors (Lipinski definition) is 4. The Morgan fingerprint density at radius 3 is 3.00 bits per heavy atom. The number of nitrogens with two attached hydrogens (primary N) is 1. The van der Waals surface area contributed by atoms with E-state index in [0.29, 0.717) is 29.7 Å². The Bertz CT molecular complexity index is 320. The van der Waals surface area contributed by atoms with E-state index in [9.17, 15) is 0 Å². The lowest BCUT2D eigenvalue weighted by atomic mass is 10.3. The van der Waals surface area contributed by atoms with Crippen molar-refractivity contribution in [2.45, 2.75) is 19.9 Å². The standard InChI is InChI=1S/C10H16ClN3O/c1-3-15-6-7(2)14-10-9(11)4-8(12)5-13-10/h4-5,7H,3,6,12H2,1-2H3,(H,13,14). The minimum absolute atomic E-state index is 0.165. The fourth-order valence-electron chi connectivity index (χ4n) is 1.13. The van der Waals surface area contributed by atoms with E-state index >= 15 is 0 Å². The van der Waals surface area contributed by atoms with E-state index in [2.05, 4.69) is 10.3 Å². The lowest BCUT2D eigenvalue weighted by Crippen LogP contribution is -2.22. The molecule has 0 saturated carbocycles. The van der Waals surface area contributed by atoms with E-state index in [4.69, 9.17) is 22.1 Å². The van der Waals surface area contributed by atoms with Crippen molar-refractivity contribution in [3.63, 3.8) is 0 Å². The van der Waals surface area contributed by atoms with Crippen molar-refractivity contribution in [3.05, 3.63) is 17.3 Å². The van der Waals surface area contributed by atoms with Crippen LogP contribution in [0.1, 0.15) is 13.8 Å². The molecule has 0 aliphatic heterocycles. The van der Waals surface area contributed by atoms with Gasteiger partial charge in [0.2, 0.25) is 0 Å². The van der Waals surface area contributed by atoms with Crippen molar-refractivity contribution in [2.24, 2.45) is 0 Å². The molecule has 0 aliphatic rings. The van der Waals surface area contributed by atoms with Gasteiger partial charge in [-0.15, -0.1) is 0 Å². The van der Waals surface area contributed by atoms with Gasteiger partial charge in [-0.25, -0.2) is 4.98 Å². The van der Waals surface area contributed by atoms with Crippen LogP contribution in [0.2, 0.25) is 5.02 Å². The van der Waals surface area contributed by atoms with E-state index in [0.717, 1.165) is 0 Å². The Morgan fingerprint density at radius 1 is 1.67 bits per heavy atom. The zero-order chi connectivity index (χ0) is 11.3.